The molecule has 208 valence electrons. The lowest BCUT2D eigenvalue weighted by Crippen LogP contribution is -2.37. The van der Waals surface area contributed by atoms with Crippen molar-refractivity contribution in [2.24, 2.45) is 0 Å². The average Bonchev–Trinajstić information content (AvgIpc) is 3.39. The second-order valence-corrected chi connectivity index (χ2v) is 9.42. The highest BCUT2D eigenvalue weighted by Gasteiger charge is 2.39. The van der Waals surface area contributed by atoms with Crippen LogP contribution in [0.3, 0.4) is 0 Å². The minimum Gasteiger partial charge on any atom is -0.382 e. The molecule has 0 saturated carbocycles. The Bertz CT molecular complexity index is 1510. The van der Waals surface area contributed by atoms with E-state index in [-0.39, 0.29) is 28.2 Å². The zero-order valence-electron chi connectivity index (χ0n) is 20.0. The normalized spacial score (nSPS) is 13.1. The smallest absolute Gasteiger partial charge is 0.382 e. The van der Waals surface area contributed by atoms with E-state index in [1.807, 2.05) is 0 Å². The first-order valence-corrected chi connectivity index (χ1v) is 12.0. The Morgan fingerprint density at radius 2 is 1.69 bits per heavy atom. The number of aromatic nitrogens is 6. The van der Waals surface area contributed by atoms with Crippen LogP contribution in [0.1, 0.15) is 12.7 Å². The van der Waals surface area contributed by atoms with E-state index in [0.717, 1.165) is 4.68 Å². The topological polar surface area (TPSA) is 103 Å². The molecule has 4 rings (SSSR count). The Morgan fingerprint density at radius 1 is 1.03 bits per heavy atom. The Hall–Kier alpha value is -3.49. The summed E-state index contributed by atoms with van der Waals surface area (Å²) >= 11 is 12.1. The van der Waals surface area contributed by atoms with Crippen molar-refractivity contribution in [3.63, 3.8) is 0 Å². The van der Waals surface area contributed by atoms with Gasteiger partial charge in [-0.3, -0.25) is 4.57 Å². The van der Waals surface area contributed by atoms with E-state index in [1.54, 1.807) is 24.3 Å². The highest BCUT2D eigenvalue weighted by molar-refractivity contribution is 6.32. The van der Waals surface area contributed by atoms with E-state index in [1.165, 1.54) is 28.9 Å². The van der Waals surface area contributed by atoms with Gasteiger partial charge in [-0.1, -0.05) is 35.3 Å². The standard InChI is InChI=1S/C23H20Cl2F5N7O2/c1-22(26,27)12-31-20-32-18(33-37(20)16-5-3-2-4-15(16)25)11-36-21(39)35(10-17(38)23(28,29)30)19(34-36)13-6-8-14(24)9-7-13/h2-9,17,38H,10-12H2,1H3,(H,31,32,33)/t17-/m0/s1. The molecule has 0 bridgehead atoms. The molecule has 0 fully saturated rings. The van der Waals surface area contributed by atoms with Gasteiger partial charge in [-0.25, -0.2) is 18.3 Å². The van der Waals surface area contributed by atoms with Crippen molar-refractivity contribution in [2.75, 3.05) is 11.9 Å². The van der Waals surface area contributed by atoms with Gasteiger partial charge in [0.2, 0.25) is 5.95 Å². The van der Waals surface area contributed by atoms with Crippen molar-refractivity contribution >= 4 is 29.2 Å². The summed E-state index contributed by atoms with van der Waals surface area (Å²) in [4.78, 5) is 17.3. The number of benzene rings is 2. The van der Waals surface area contributed by atoms with E-state index < -0.39 is 43.5 Å². The number of halogens is 7. The summed E-state index contributed by atoms with van der Waals surface area (Å²) in [5.74, 6) is -3.46. The number of nitrogens with one attached hydrogen (secondary N) is 1. The van der Waals surface area contributed by atoms with Gasteiger partial charge in [0.15, 0.2) is 17.8 Å². The molecule has 39 heavy (non-hydrogen) atoms. The van der Waals surface area contributed by atoms with Crippen LogP contribution >= 0.6 is 23.2 Å². The zero-order chi connectivity index (χ0) is 28.5. The van der Waals surface area contributed by atoms with Crippen LogP contribution in [0.25, 0.3) is 17.1 Å². The molecule has 0 saturated heterocycles. The molecule has 2 heterocycles. The van der Waals surface area contributed by atoms with Crippen LogP contribution in [0.4, 0.5) is 27.9 Å². The maximum atomic E-state index is 13.5. The SMILES string of the molecule is CC(F)(F)CNc1nc(Cn2nc(-c3ccc(Cl)cc3)n(C[C@H](O)C(F)(F)F)c2=O)nn1-c1ccccc1Cl. The van der Waals surface area contributed by atoms with Gasteiger partial charge in [0, 0.05) is 17.5 Å². The first-order valence-electron chi connectivity index (χ1n) is 11.2. The predicted molar refractivity (Wildman–Crippen MR) is 134 cm³/mol. The van der Waals surface area contributed by atoms with Gasteiger partial charge < -0.3 is 10.4 Å². The van der Waals surface area contributed by atoms with Crippen molar-refractivity contribution < 1.29 is 27.1 Å². The maximum absolute atomic E-state index is 13.5. The van der Waals surface area contributed by atoms with Crippen molar-refractivity contribution in [2.45, 2.75) is 38.2 Å². The Kier molecular flexibility index (Phi) is 8.00. The molecule has 2 aromatic heterocycles. The Balaban J connectivity index is 1.76. The Morgan fingerprint density at radius 3 is 2.31 bits per heavy atom. The van der Waals surface area contributed by atoms with E-state index >= 15 is 0 Å². The quantitative estimate of drug-likeness (QED) is 0.275. The van der Waals surface area contributed by atoms with Crippen LogP contribution in [-0.2, 0) is 13.1 Å². The summed E-state index contributed by atoms with van der Waals surface area (Å²) < 4.78 is 69.0. The summed E-state index contributed by atoms with van der Waals surface area (Å²) in [7, 11) is 0. The molecule has 1 atom stereocenters. The van der Waals surface area contributed by atoms with Crippen LogP contribution in [-0.4, -0.2) is 59.0 Å². The number of anilines is 1. The number of para-hydroxylation sites is 1. The summed E-state index contributed by atoms with van der Waals surface area (Å²) in [6.45, 7) is -1.65. The molecule has 2 N–H and O–H groups in total. The molecule has 0 spiro atoms. The third kappa shape index (κ3) is 6.75. The summed E-state index contributed by atoms with van der Waals surface area (Å²) in [5, 5.41) is 21.1. The third-order valence-electron chi connectivity index (χ3n) is 5.34. The molecular formula is C23H20Cl2F5N7O2. The van der Waals surface area contributed by atoms with Crippen molar-refractivity contribution in [3.8, 4) is 17.1 Å². The van der Waals surface area contributed by atoms with Crippen molar-refractivity contribution in [1.82, 2.24) is 29.1 Å². The van der Waals surface area contributed by atoms with E-state index in [2.05, 4.69) is 20.5 Å². The van der Waals surface area contributed by atoms with Crippen molar-refractivity contribution in [3.05, 3.63) is 74.9 Å². The fourth-order valence-corrected chi connectivity index (χ4v) is 3.84. The van der Waals surface area contributed by atoms with Crippen molar-refractivity contribution in [1.29, 1.82) is 0 Å². The van der Waals surface area contributed by atoms with Crippen LogP contribution < -0.4 is 11.0 Å². The van der Waals surface area contributed by atoms with Crippen LogP contribution in [0.2, 0.25) is 10.0 Å². The van der Waals surface area contributed by atoms with Gasteiger partial charge in [0.1, 0.15) is 6.54 Å². The lowest BCUT2D eigenvalue weighted by molar-refractivity contribution is -0.207. The van der Waals surface area contributed by atoms with E-state index in [0.29, 0.717) is 22.2 Å². The summed E-state index contributed by atoms with van der Waals surface area (Å²) in [5.41, 5.74) is -0.438. The van der Waals surface area contributed by atoms with Gasteiger partial charge in [0.25, 0.3) is 5.92 Å². The summed E-state index contributed by atoms with van der Waals surface area (Å²) in [6, 6.07) is 12.2. The fraction of sp³-hybridized carbons (Fsp3) is 0.304. The number of hydrogen-bond donors (Lipinski definition) is 2. The average molecular weight is 592 g/mol. The molecule has 0 aliphatic carbocycles. The minimum atomic E-state index is -4.99. The maximum Gasteiger partial charge on any atom is 0.416 e. The van der Waals surface area contributed by atoms with Gasteiger partial charge in [0.05, 0.1) is 23.8 Å². The lowest BCUT2D eigenvalue weighted by atomic mass is 10.2. The van der Waals surface area contributed by atoms with E-state index in [4.69, 9.17) is 23.2 Å². The van der Waals surface area contributed by atoms with Crippen LogP contribution in [0.5, 0.6) is 0 Å². The molecular weight excluding hydrogens is 572 g/mol. The molecule has 9 nitrogen and oxygen atoms in total. The van der Waals surface area contributed by atoms with Gasteiger partial charge >= 0.3 is 11.9 Å². The lowest BCUT2D eigenvalue weighted by Gasteiger charge is -2.15. The number of aliphatic hydroxyl groups is 1. The fourth-order valence-electron chi connectivity index (χ4n) is 3.49. The second kappa shape index (κ2) is 10.9. The minimum absolute atomic E-state index is 0.0809. The first kappa shape index (κ1) is 28.5. The second-order valence-electron chi connectivity index (χ2n) is 8.58. The molecule has 0 aliphatic heterocycles. The molecule has 0 amide bonds. The molecule has 0 aliphatic rings. The number of aliphatic hydroxyl groups excluding tert-OH is 1. The molecule has 16 heteroatoms. The first-order chi connectivity index (χ1) is 18.2. The predicted octanol–water partition coefficient (Wildman–Crippen LogP) is 4.64. The molecule has 4 aromatic rings. The largest absolute Gasteiger partial charge is 0.416 e. The molecule has 0 unspecified atom stereocenters. The number of alkyl halides is 5. The van der Waals surface area contributed by atoms with Gasteiger partial charge in [-0.2, -0.15) is 22.8 Å². The zero-order valence-corrected chi connectivity index (χ0v) is 21.5. The highest BCUT2D eigenvalue weighted by Crippen LogP contribution is 2.25. The number of rotatable bonds is 9. The van der Waals surface area contributed by atoms with Crippen LogP contribution in [0, 0.1) is 0 Å². The molecule has 2 aromatic carbocycles. The Labute approximate surface area is 227 Å². The van der Waals surface area contributed by atoms with Crippen LogP contribution in [0.15, 0.2) is 53.3 Å². The summed E-state index contributed by atoms with van der Waals surface area (Å²) in [6.07, 6.45) is -7.83. The highest BCUT2D eigenvalue weighted by atomic mass is 35.5. The van der Waals surface area contributed by atoms with Gasteiger partial charge in [-0.05, 0) is 36.4 Å². The molecule has 0 radical (unpaired) electrons. The third-order valence-corrected chi connectivity index (χ3v) is 5.91. The number of nitrogens with zero attached hydrogens (tertiary/aromatic N) is 6. The number of hydrogen-bond acceptors (Lipinski definition) is 6. The van der Waals surface area contributed by atoms with Gasteiger partial charge in [-0.15, -0.1) is 10.2 Å². The van der Waals surface area contributed by atoms with E-state index in [9.17, 15) is 31.9 Å². The monoisotopic (exact) mass is 591 g/mol.